The fourth-order valence-electron chi connectivity index (χ4n) is 3.57. The van der Waals surface area contributed by atoms with Crippen molar-refractivity contribution in [3.05, 3.63) is 65.0 Å². The van der Waals surface area contributed by atoms with Crippen molar-refractivity contribution in [3.8, 4) is 11.3 Å². The Balaban J connectivity index is 1.53. The molecule has 4 rings (SSSR count). The van der Waals surface area contributed by atoms with E-state index in [4.69, 9.17) is 11.6 Å². The smallest absolute Gasteiger partial charge is 0.334 e. The summed E-state index contributed by atoms with van der Waals surface area (Å²) in [5.41, 5.74) is 4.88. The predicted octanol–water partition coefficient (Wildman–Crippen LogP) is 6.05. The van der Waals surface area contributed by atoms with Gasteiger partial charge in [-0.15, -0.1) is 11.3 Å². The number of nitrogens with zero attached hydrogens (tertiary/aromatic N) is 2. The topological polar surface area (TPSA) is 86.4 Å². The number of carbonyl (C=O) groups excluding carboxylic acids is 2. The molecule has 0 radical (unpaired) electrons. The van der Waals surface area contributed by atoms with Crippen molar-refractivity contribution in [1.29, 1.82) is 0 Å². The Kier molecular flexibility index (Phi) is 7.24. The molecule has 0 saturated heterocycles. The number of aromatic nitrogens is 1. The van der Waals surface area contributed by atoms with Gasteiger partial charge in [0, 0.05) is 27.7 Å². The van der Waals surface area contributed by atoms with E-state index in [1.165, 1.54) is 17.8 Å². The first kappa shape index (κ1) is 22.1. The fraction of sp³-hybridized carbons (Fsp3) is 0.261. The number of thiazole rings is 1. The molecule has 3 aromatic rings. The minimum Gasteiger partial charge on any atom is -0.334 e. The van der Waals surface area contributed by atoms with Crippen molar-refractivity contribution in [2.45, 2.75) is 38.1 Å². The molecule has 3 N–H and O–H groups in total. The van der Waals surface area contributed by atoms with Crippen molar-refractivity contribution < 1.29 is 9.59 Å². The van der Waals surface area contributed by atoms with Gasteiger partial charge in [-0.05, 0) is 37.1 Å². The molecule has 1 aliphatic rings. The summed E-state index contributed by atoms with van der Waals surface area (Å²) in [7, 11) is 0. The van der Waals surface area contributed by atoms with Crippen molar-refractivity contribution >= 4 is 45.8 Å². The second kappa shape index (κ2) is 10.5. The monoisotopic (exact) mass is 469 g/mol. The number of urea groups is 2. The number of halogens is 1. The number of rotatable bonds is 4. The van der Waals surface area contributed by atoms with Crippen LogP contribution in [0.2, 0.25) is 5.02 Å². The van der Waals surface area contributed by atoms with Gasteiger partial charge in [-0.1, -0.05) is 61.2 Å². The van der Waals surface area contributed by atoms with Crippen molar-refractivity contribution in [3.63, 3.8) is 0 Å². The SMILES string of the molecule is O=C(NC1CCCCC1)NN(C(=O)Nc1ccc(Cl)cc1)c1nc(-c2ccccc2)cs1. The first-order valence-electron chi connectivity index (χ1n) is 10.5. The highest BCUT2D eigenvalue weighted by Gasteiger charge is 2.24. The van der Waals surface area contributed by atoms with Crippen LogP contribution in [0.3, 0.4) is 0 Å². The maximum atomic E-state index is 13.1. The van der Waals surface area contributed by atoms with Gasteiger partial charge in [-0.25, -0.2) is 20.0 Å². The minimum absolute atomic E-state index is 0.112. The quantitative estimate of drug-likeness (QED) is 0.406. The molecule has 32 heavy (non-hydrogen) atoms. The van der Waals surface area contributed by atoms with Crippen LogP contribution in [-0.4, -0.2) is 23.1 Å². The molecule has 4 amide bonds. The first-order valence-corrected chi connectivity index (χ1v) is 11.8. The van der Waals surface area contributed by atoms with Crippen LogP contribution < -0.4 is 21.1 Å². The van der Waals surface area contributed by atoms with Crippen molar-refractivity contribution in [2.24, 2.45) is 0 Å². The van der Waals surface area contributed by atoms with Gasteiger partial charge in [0.05, 0.1) is 5.69 Å². The van der Waals surface area contributed by atoms with Crippen LogP contribution in [0.15, 0.2) is 60.0 Å². The normalized spacial score (nSPS) is 13.9. The van der Waals surface area contributed by atoms with E-state index in [1.807, 2.05) is 35.7 Å². The van der Waals surface area contributed by atoms with E-state index < -0.39 is 12.1 Å². The molecule has 2 aromatic carbocycles. The number of hydrogen-bond acceptors (Lipinski definition) is 4. The second-order valence-electron chi connectivity index (χ2n) is 7.57. The predicted molar refractivity (Wildman–Crippen MR) is 129 cm³/mol. The van der Waals surface area contributed by atoms with E-state index in [1.54, 1.807) is 24.3 Å². The van der Waals surface area contributed by atoms with Gasteiger partial charge in [0.1, 0.15) is 0 Å². The summed E-state index contributed by atoms with van der Waals surface area (Å²) >= 11 is 7.20. The molecular formula is C23H24ClN5O2S. The average Bonchev–Trinajstić information content (AvgIpc) is 3.30. The van der Waals surface area contributed by atoms with E-state index in [0.717, 1.165) is 41.9 Å². The third-order valence-electron chi connectivity index (χ3n) is 5.21. The molecule has 1 aliphatic carbocycles. The van der Waals surface area contributed by atoms with Crippen LogP contribution in [0.25, 0.3) is 11.3 Å². The fourth-order valence-corrected chi connectivity index (χ4v) is 4.49. The van der Waals surface area contributed by atoms with Gasteiger partial charge in [-0.3, -0.25) is 0 Å². The van der Waals surface area contributed by atoms with Crippen LogP contribution in [0, 0.1) is 0 Å². The zero-order valence-corrected chi connectivity index (χ0v) is 19.0. The summed E-state index contributed by atoms with van der Waals surface area (Å²) in [4.78, 5) is 30.3. The number of carbonyl (C=O) groups is 2. The van der Waals surface area contributed by atoms with Crippen LogP contribution in [-0.2, 0) is 0 Å². The molecular weight excluding hydrogens is 446 g/mol. The lowest BCUT2D eigenvalue weighted by molar-refractivity contribution is 0.228. The van der Waals surface area contributed by atoms with E-state index in [0.29, 0.717) is 15.8 Å². The molecule has 0 unspecified atom stereocenters. The molecule has 0 aliphatic heterocycles. The van der Waals surface area contributed by atoms with Gasteiger partial charge in [-0.2, -0.15) is 5.01 Å². The molecule has 0 bridgehead atoms. The third-order valence-corrected chi connectivity index (χ3v) is 6.28. The number of hydrogen-bond donors (Lipinski definition) is 3. The third kappa shape index (κ3) is 5.77. The highest BCUT2D eigenvalue weighted by Crippen LogP contribution is 2.27. The van der Waals surface area contributed by atoms with E-state index >= 15 is 0 Å². The highest BCUT2D eigenvalue weighted by molar-refractivity contribution is 7.14. The van der Waals surface area contributed by atoms with E-state index in [2.05, 4.69) is 21.0 Å². The van der Waals surface area contributed by atoms with Crippen LogP contribution in [0.4, 0.5) is 20.4 Å². The maximum Gasteiger partial charge on any atom is 0.347 e. The molecule has 166 valence electrons. The van der Waals surface area contributed by atoms with Gasteiger partial charge >= 0.3 is 12.1 Å². The Bertz CT molecular complexity index is 1050. The molecule has 7 nitrogen and oxygen atoms in total. The van der Waals surface area contributed by atoms with Crippen molar-refractivity contribution in [1.82, 2.24) is 15.7 Å². The number of anilines is 2. The second-order valence-corrected chi connectivity index (χ2v) is 8.85. The largest absolute Gasteiger partial charge is 0.347 e. The lowest BCUT2D eigenvalue weighted by Gasteiger charge is -2.26. The molecule has 0 atom stereocenters. The van der Waals surface area contributed by atoms with E-state index in [-0.39, 0.29) is 6.04 Å². The van der Waals surface area contributed by atoms with Crippen LogP contribution >= 0.6 is 22.9 Å². The highest BCUT2D eigenvalue weighted by atomic mass is 35.5. The summed E-state index contributed by atoms with van der Waals surface area (Å²) in [5.74, 6) is 0. The summed E-state index contributed by atoms with van der Waals surface area (Å²) in [6.07, 6.45) is 5.27. The molecule has 1 saturated carbocycles. The van der Waals surface area contributed by atoms with Crippen LogP contribution in [0.5, 0.6) is 0 Å². The molecule has 1 aromatic heterocycles. The van der Waals surface area contributed by atoms with Gasteiger partial charge in [0.25, 0.3) is 0 Å². The summed E-state index contributed by atoms with van der Waals surface area (Å²) in [5, 5.41) is 9.67. The summed E-state index contributed by atoms with van der Waals surface area (Å²) in [6, 6.07) is 15.6. The lowest BCUT2D eigenvalue weighted by atomic mass is 9.96. The first-order chi connectivity index (χ1) is 15.6. The zero-order chi connectivity index (χ0) is 22.3. The average molecular weight is 470 g/mol. The number of hydrazine groups is 1. The van der Waals surface area contributed by atoms with E-state index in [9.17, 15) is 9.59 Å². The van der Waals surface area contributed by atoms with Crippen molar-refractivity contribution in [2.75, 3.05) is 10.3 Å². The Hall–Kier alpha value is -3.10. The molecule has 1 heterocycles. The summed E-state index contributed by atoms with van der Waals surface area (Å²) in [6.45, 7) is 0. The summed E-state index contributed by atoms with van der Waals surface area (Å²) < 4.78 is 0. The number of amides is 4. The van der Waals surface area contributed by atoms with Gasteiger partial charge in [0.2, 0.25) is 5.13 Å². The Morgan fingerprint density at radius 2 is 1.72 bits per heavy atom. The minimum atomic E-state index is -0.528. The Labute approximate surface area is 195 Å². The Morgan fingerprint density at radius 1 is 1.00 bits per heavy atom. The maximum absolute atomic E-state index is 13.1. The molecule has 9 heteroatoms. The standard InChI is InChI=1S/C23H24ClN5O2S/c24-17-11-13-19(14-12-17)26-22(31)29(28-21(30)25-18-9-5-2-6-10-18)23-27-20(15-32-23)16-7-3-1-4-8-16/h1,3-4,7-8,11-15,18H,2,5-6,9-10H2,(H,26,31)(H2,25,28,30). The van der Waals surface area contributed by atoms with Gasteiger partial charge < -0.3 is 10.6 Å². The lowest BCUT2D eigenvalue weighted by Crippen LogP contribution is -2.54. The Morgan fingerprint density at radius 3 is 2.44 bits per heavy atom. The van der Waals surface area contributed by atoms with Crippen LogP contribution in [0.1, 0.15) is 32.1 Å². The zero-order valence-electron chi connectivity index (χ0n) is 17.4. The molecule has 0 spiro atoms. The number of nitrogens with one attached hydrogen (secondary N) is 3. The molecule has 1 fully saturated rings. The number of benzene rings is 2. The van der Waals surface area contributed by atoms with Gasteiger partial charge in [0.15, 0.2) is 0 Å².